The standard InChI is InChI=1S/C12H20N4O4/c1-14-9-7-8(3-5-20-6-4-17)10(13)11(15-2)12(9)16(18)19/h7,14-15,17H,3-6,13H2,1-2H3. The van der Waals surface area contributed by atoms with Crippen molar-refractivity contribution in [2.75, 3.05) is 50.3 Å². The van der Waals surface area contributed by atoms with Crippen LogP contribution in [0.15, 0.2) is 6.07 Å². The van der Waals surface area contributed by atoms with Gasteiger partial charge in [0.05, 0.1) is 30.4 Å². The van der Waals surface area contributed by atoms with Gasteiger partial charge in [0.25, 0.3) is 0 Å². The molecule has 1 aromatic rings. The van der Waals surface area contributed by atoms with Gasteiger partial charge in [0, 0.05) is 14.1 Å². The van der Waals surface area contributed by atoms with Gasteiger partial charge < -0.3 is 26.2 Å². The molecule has 8 heteroatoms. The molecule has 0 saturated heterocycles. The van der Waals surface area contributed by atoms with E-state index < -0.39 is 4.92 Å². The molecule has 0 bridgehead atoms. The van der Waals surface area contributed by atoms with Crippen molar-refractivity contribution in [1.29, 1.82) is 0 Å². The molecule has 0 spiro atoms. The number of nitrogens with two attached hydrogens (primary N) is 1. The summed E-state index contributed by atoms with van der Waals surface area (Å²) in [6.07, 6.45) is 0.507. The van der Waals surface area contributed by atoms with Gasteiger partial charge in [-0.2, -0.15) is 0 Å². The first-order valence-corrected chi connectivity index (χ1v) is 6.20. The van der Waals surface area contributed by atoms with Crippen LogP contribution in [0.2, 0.25) is 0 Å². The molecule has 0 unspecified atom stereocenters. The van der Waals surface area contributed by atoms with Gasteiger partial charge in [-0.15, -0.1) is 0 Å². The summed E-state index contributed by atoms with van der Waals surface area (Å²) in [4.78, 5) is 10.7. The second kappa shape index (κ2) is 7.51. The first-order valence-electron chi connectivity index (χ1n) is 6.20. The molecular formula is C12H20N4O4. The zero-order valence-electron chi connectivity index (χ0n) is 11.6. The average Bonchev–Trinajstić information content (AvgIpc) is 2.44. The molecular weight excluding hydrogens is 264 g/mol. The highest BCUT2D eigenvalue weighted by Crippen LogP contribution is 2.39. The van der Waals surface area contributed by atoms with Gasteiger partial charge in [0.15, 0.2) is 0 Å². The topological polar surface area (TPSA) is 123 Å². The minimum Gasteiger partial charge on any atom is -0.397 e. The molecule has 0 aliphatic heterocycles. The van der Waals surface area contributed by atoms with E-state index in [4.69, 9.17) is 15.6 Å². The number of hydrogen-bond acceptors (Lipinski definition) is 7. The van der Waals surface area contributed by atoms with E-state index >= 15 is 0 Å². The van der Waals surface area contributed by atoms with Crippen LogP contribution in [-0.4, -0.2) is 43.9 Å². The van der Waals surface area contributed by atoms with E-state index in [0.29, 0.717) is 30.1 Å². The number of nitrogens with one attached hydrogen (secondary N) is 2. The van der Waals surface area contributed by atoms with Crippen LogP contribution in [0.25, 0.3) is 0 Å². The lowest BCUT2D eigenvalue weighted by Gasteiger charge is -2.14. The van der Waals surface area contributed by atoms with Crippen molar-refractivity contribution in [3.8, 4) is 0 Å². The fourth-order valence-corrected chi connectivity index (χ4v) is 1.93. The molecule has 5 N–H and O–H groups in total. The molecule has 0 aliphatic carbocycles. The number of anilines is 3. The monoisotopic (exact) mass is 284 g/mol. The molecule has 0 aromatic heterocycles. The molecule has 20 heavy (non-hydrogen) atoms. The molecule has 1 rings (SSSR count). The van der Waals surface area contributed by atoms with Crippen LogP contribution in [-0.2, 0) is 11.2 Å². The molecule has 0 fully saturated rings. The fourth-order valence-electron chi connectivity index (χ4n) is 1.93. The maximum Gasteiger partial charge on any atom is 0.317 e. The summed E-state index contributed by atoms with van der Waals surface area (Å²) in [6.45, 7) is 0.596. The van der Waals surface area contributed by atoms with Crippen LogP contribution in [0.1, 0.15) is 5.56 Å². The van der Waals surface area contributed by atoms with E-state index in [2.05, 4.69) is 10.6 Å². The van der Waals surface area contributed by atoms with E-state index in [1.54, 1.807) is 20.2 Å². The molecule has 1 aromatic carbocycles. The smallest absolute Gasteiger partial charge is 0.317 e. The fraction of sp³-hybridized carbons (Fsp3) is 0.500. The van der Waals surface area contributed by atoms with Gasteiger partial charge in [0.2, 0.25) is 0 Å². The Labute approximate surface area is 117 Å². The quantitative estimate of drug-likeness (QED) is 0.241. The van der Waals surface area contributed by atoms with Crippen LogP contribution in [0, 0.1) is 10.1 Å². The number of nitrogens with zero attached hydrogens (tertiary/aromatic N) is 1. The Morgan fingerprint density at radius 1 is 1.40 bits per heavy atom. The third-order valence-electron chi connectivity index (χ3n) is 2.88. The zero-order valence-corrected chi connectivity index (χ0v) is 11.6. The maximum absolute atomic E-state index is 11.1. The predicted octanol–water partition coefficient (Wildman–Crippen LogP) is 0.812. The Morgan fingerprint density at radius 2 is 2.10 bits per heavy atom. The summed E-state index contributed by atoms with van der Waals surface area (Å²) in [5.41, 5.74) is 7.67. The Bertz CT molecular complexity index is 479. The van der Waals surface area contributed by atoms with Gasteiger partial charge in [-0.05, 0) is 18.1 Å². The van der Waals surface area contributed by atoms with Gasteiger partial charge >= 0.3 is 5.69 Å². The van der Waals surface area contributed by atoms with Gasteiger partial charge in [-0.25, -0.2) is 0 Å². The number of nitro benzene ring substituents is 1. The highest BCUT2D eigenvalue weighted by Gasteiger charge is 2.23. The molecule has 0 amide bonds. The van der Waals surface area contributed by atoms with Crippen molar-refractivity contribution in [2.24, 2.45) is 0 Å². The Hall–Kier alpha value is -2.06. The van der Waals surface area contributed by atoms with Crippen molar-refractivity contribution < 1.29 is 14.8 Å². The predicted molar refractivity (Wildman–Crippen MR) is 78.2 cm³/mol. The van der Waals surface area contributed by atoms with Crippen molar-refractivity contribution in [1.82, 2.24) is 0 Å². The lowest BCUT2D eigenvalue weighted by molar-refractivity contribution is -0.383. The highest BCUT2D eigenvalue weighted by atomic mass is 16.6. The number of nitrogen functional groups attached to an aromatic ring is 1. The Morgan fingerprint density at radius 3 is 2.60 bits per heavy atom. The molecule has 0 radical (unpaired) electrons. The lowest BCUT2D eigenvalue weighted by atomic mass is 10.1. The number of hydrogen-bond donors (Lipinski definition) is 4. The van der Waals surface area contributed by atoms with Crippen molar-refractivity contribution in [3.05, 3.63) is 21.7 Å². The number of aliphatic hydroxyl groups excluding tert-OH is 1. The van der Waals surface area contributed by atoms with Crippen LogP contribution in [0.5, 0.6) is 0 Å². The van der Waals surface area contributed by atoms with Crippen LogP contribution in [0.4, 0.5) is 22.7 Å². The molecule has 0 saturated carbocycles. The average molecular weight is 284 g/mol. The normalized spacial score (nSPS) is 10.3. The number of nitro groups is 1. The number of ether oxygens (including phenoxy) is 1. The minimum atomic E-state index is -0.472. The number of aliphatic hydroxyl groups is 1. The molecule has 0 aliphatic rings. The highest BCUT2D eigenvalue weighted by molar-refractivity contribution is 5.87. The van der Waals surface area contributed by atoms with Crippen LogP contribution in [0.3, 0.4) is 0 Å². The van der Waals surface area contributed by atoms with Gasteiger partial charge in [-0.1, -0.05) is 0 Å². The summed E-state index contributed by atoms with van der Waals surface area (Å²) in [5.74, 6) is 0. The van der Waals surface area contributed by atoms with Gasteiger partial charge in [-0.3, -0.25) is 10.1 Å². The second-order valence-corrected chi connectivity index (χ2v) is 4.06. The second-order valence-electron chi connectivity index (χ2n) is 4.06. The third kappa shape index (κ3) is 3.49. The SMILES string of the molecule is CNc1cc(CCOCCO)c(N)c(NC)c1[N+](=O)[O-]. The summed E-state index contributed by atoms with van der Waals surface area (Å²) in [5, 5.41) is 25.4. The van der Waals surface area contributed by atoms with Gasteiger partial charge in [0.1, 0.15) is 11.4 Å². The van der Waals surface area contributed by atoms with E-state index in [0.717, 1.165) is 5.56 Å². The summed E-state index contributed by atoms with van der Waals surface area (Å²) >= 11 is 0. The first-order chi connectivity index (χ1) is 9.56. The van der Waals surface area contributed by atoms with Crippen LogP contribution < -0.4 is 16.4 Å². The molecule has 112 valence electrons. The number of rotatable bonds is 8. The first kappa shape index (κ1) is 16.0. The zero-order chi connectivity index (χ0) is 15.1. The van der Waals surface area contributed by atoms with Crippen molar-refractivity contribution in [3.63, 3.8) is 0 Å². The number of benzene rings is 1. The molecule has 0 atom stereocenters. The van der Waals surface area contributed by atoms with Crippen molar-refractivity contribution >= 4 is 22.7 Å². The summed E-state index contributed by atoms with van der Waals surface area (Å²) in [6, 6.07) is 1.65. The van der Waals surface area contributed by atoms with E-state index in [1.807, 2.05) is 0 Å². The van der Waals surface area contributed by atoms with Crippen LogP contribution >= 0.6 is 0 Å². The van der Waals surface area contributed by atoms with E-state index in [-0.39, 0.29) is 18.9 Å². The Balaban J connectivity index is 3.11. The largest absolute Gasteiger partial charge is 0.397 e. The van der Waals surface area contributed by atoms with Crippen molar-refractivity contribution in [2.45, 2.75) is 6.42 Å². The minimum absolute atomic E-state index is 0.0424. The maximum atomic E-state index is 11.1. The third-order valence-corrected chi connectivity index (χ3v) is 2.88. The summed E-state index contributed by atoms with van der Waals surface area (Å²) in [7, 11) is 3.20. The Kier molecular flexibility index (Phi) is 6.01. The lowest BCUT2D eigenvalue weighted by Crippen LogP contribution is -2.10. The molecule has 8 nitrogen and oxygen atoms in total. The summed E-state index contributed by atoms with van der Waals surface area (Å²) < 4.78 is 5.19. The van der Waals surface area contributed by atoms with E-state index in [1.165, 1.54) is 0 Å². The molecule has 0 heterocycles. The van der Waals surface area contributed by atoms with E-state index in [9.17, 15) is 10.1 Å².